The molecule has 0 aliphatic heterocycles. The highest BCUT2D eigenvalue weighted by molar-refractivity contribution is 7.85. The second-order valence-corrected chi connectivity index (χ2v) is 3.12. The largest absolute Gasteiger partial charge is 0.505 e. The molecule has 8 heteroatoms. The lowest BCUT2D eigenvalue weighted by atomic mass is 10.8. The van der Waals surface area contributed by atoms with Crippen molar-refractivity contribution >= 4 is 16.3 Å². The van der Waals surface area contributed by atoms with Crippen LogP contribution < -0.4 is 0 Å². The summed E-state index contributed by atoms with van der Waals surface area (Å²) >= 11 is 0. The Hall–Kier alpha value is -0.860. The molecule has 0 saturated carbocycles. The minimum atomic E-state index is -4.15. The van der Waals surface area contributed by atoms with E-state index >= 15 is 0 Å². The molecule has 0 aromatic carbocycles. The molecule has 0 unspecified atom stereocenters. The van der Waals surface area contributed by atoms with Crippen LogP contribution in [0.4, 0.5) is 4.79 Å². The Labute approximate surface area is 68.6 Å². The number of carboxylic acid groups (broad SMARTS) is 1. The molecular formula is C4H8O7S. The highest BCUT2D eigenvalue weighted by Gasteiger charge is 2.03. The Morgan fingerprint density at radius 1 is 1.33 bits per heavy atom. The molecule has 0 rings (SSSR count). The van der Waals surface area contributed by atoms with Crippen LogP contribution in [0.15, 0.2) is 0 Å². The number of hydrogen-bond donors (Lipinski definition) is 2. The van der Waals surface area contributed by atoms with E-state index in [1.165, 1.54) is 0 Å². The SMILES string of the molecule is O=C(O)OCCOCS(=O)(=O)O. The first-order valence-corrected chi connectivity index (χ1v) is 4.41. The average molecular weight is 200 g/mol. The van der Waals surface area contributed by atoms with Gasteiger partial charge in [-0.25, -0.2) is 4.79 Å². The number of ether oxygens (including phenoxy) is 2. The van der Waals surface area contributed by atoms with Gasteiger partial charge < -0.3 is 14.6 Å². The molecule has 0 spiro atoms. The zero-order valence-corrected chi connectivity index (χ0v) is 6.78. The number of carbonyl (C=O) groups is 1. The van der Waals surface area contributed by atoms with E-state index in [1.807, 2.05) is 0 Å². The molecular weight excluding hydrogens is 192 g/mol. The van der Waals surface area contributed by atoms with E-state index in [2.05, 4.69) is 9.47 Å². The van der Waals surface area contributed by atoms with Gasteiger partial charge in [0.2, 0.25) is 0 Å². The van der Waals surface area contributed by atoms with Crippen molar-refractivity contribution in [3.8, 4) is 0 Å². The minimum absolute atomic E-state index is 0.216. The topological polar surface area (TPSA) is 110 Å². The maximum absolute atomic E-state index is 10.0. The van der Waals surface area contributed by atoms with Gasteiger partial charge in [0, 0.05) is 0 Å². The third-order valence-corrected chi connectivity index (χ3v) is 1.15. The van der Waals surface area contributed by atoms with Crippen molar-refractivity contribution in [2.24, 2.45) is 0 Å². The van der Waals surface area contributed by atoms with Crippen molar-refractivity contribution in [1.82, 2.24) is 0 Å². The van der Waals surface area contributed by atoms with Crippen LogP contribution in [-0.2, 0) is 19.6 Å². The maximum atomic E-state index is 10.0. The zero-order chi connectivity index (χ0) is 9.61. The van der Waals surface area contributed by atoms with Crippen molar-refractivity contribution in [2.75, 3.05) is 19.2 Å². The molecule has 7 nitrogen and oxygen atoms in total. The molecule has 0 radical (unpaired) electrons. The number of hydrogen-bond acceptors (Lipinski definition) is 5. The van der Waals surface area contributed by atoms with Gasteiger partial charge >= 0.3 is 6.16 Å². The Balaban J connectivity index is 3.29. The van der Waals surface area contributed by atoms with Gasteiger partial charge in [-0.15, -0.1) is 0 Å². The van der Waals surface area contributed by atoms with Crippen LogP contribution in [-0.4, -0.2) is 43.4 Å². The quantitative estimate of drug-likeness (QED) is 0.351. The van der Waals surface area contributed by atoms with E-state index in [0.29, 0.717) is 0 Å². The molecule has 0 aromatic heterocycles. The van der Waals surface area contributed by atoms with Crippen molar-refractivity contribution < 1.29 is 32.3 Å². The van der Waals surface area contributed by atoms with Crippen LogP contribution in [0.3, 0.4) is 0 Å². The first-order chi connectivity index (χ1) is 5.42. The predicted octanol–water partition coefficient (Wildman–Crippen LogP) is -0.457. The van der Waals surface area contributed by atoms with E-state index in [4.69, 9.17) is 9.66 Å². The molecule has 0 amide bonds. The van der Waals surface area contributed by atoms with E-state index in [-0.39, 0.29) is 13.2 Å². The van der Waals surface area contributed by atoms with E-state index < -0.39 is 22.2 Å². The van der Waals surface area contributed by atoms with Gasteiger partial charge in [-0.3, -0.25) is 4.55 Å². The summed E-state index contributed by atoms with van der Waals surface area (Å²) in [7, 11) is -4.15. The standard InChI is InChI=1S/C4H8O7S/c5-4(6)11-2-1-10-3-12(7,8)9/h1-3H2,(H,5,6)(H,7,8,9). The van der Waals surface area contributed by atoms with Crippen molar-refractivity contribution in [1.29, 1.82) is 0 Å². The second-order valence-electron chi connectivity index (χ2n) is 1.72. The summed E-state index contributed by atoms with van der Waals surface area (Å²) < 4.78 is 36.4. The average Bonchev–Trinajstić information content (AvgIpc) is 1.83. The molecule has 0 aromatic rings. The fourth-order valence-corrected chi connectivity index (χ4v) is 0.681. The molecule has 0 saturated heterocycles. The Bertz CT molecular complexity index is 230. The van der Waals surface area contributed by atoms with Gasteiger partial charge in [-0.05, 0) is 0 Å². The van der Waals surface area contributed by atoms with Gasteiger partial charge in [-0.1, -0.05) is 0 Å². The Morgan fingerprint density at radius 3 is 2.33 bits per heavy atom. The van der Waals surface area contributed by atoms with Gasteiger partial charge in [0.15, 0.2) is 5.94 Å². The van der Waals surface area contributed by atoms with Crippen LogP contribution in [0.5, 0.6) is 0 Å². The highest BCUT2D eigenvalue weighted by atomic mass is 32.2. The van der Waals surface area contributed by atoms with Crippen molar-refractivity contribution in [3.63, 3.8) is 0 Å². The molecule has 0 aliphatic rings. The normalized spacial score (nSPS) is 11.1. The minimum Gasteiger partial charge on any atom is -0.450 e. The van der Waals surface area contributed by atoms with Crippen LogP contribution >= 0.6 is 0 Å². The summed E-state index contributed by atoms with van der Waals surface area (Å²) in [6.07, 6.45) is -1.47. The number of rotatable bonds is 5. The van der Waals surface area contributed by atoms with Crippen LogP contribution in [0.1, 0.15) is 0 Å². The van der Waals surface area contributed by atoms with Gasteiger partial charge in [0.25, 0.3) is 10.1 Å². The molecule has 0 fully saturated rings. The van der Waals surface area contributed by atoms with Gasteiger partial charge in [-0.2, -0.15) is 8.42 Å². The summed E-state index contributed by atoms with van der Waals surface area (Å²) in [5.74, 6) is -0.865. The zero-order valence-electron chi connectivity index (χ0n) is 5.97. The van der Waals surface area contributed by atoms with E-state index in [1.54, 1.807) is 0 Å². The summed E-state index contributed by atoms with van der Waals surface area (Å²) in [6, 6.07) is 0. The Kier molecular flexibility index (Phi) is 4.55. The van der Waals surface area contributed by atoms with Gasteiger partial charge in [0.05, 0.1) is 6.61 Å². The summed E-state index contributed by atoms with van der Waals surface area (Å²) in [5, 5.41) is 7.93. The highest BCUT2D eigenvalue weighted by Crippen LogP contribution is 1.85. The van der Waals surface area contributed by atoms with E-state index in [0.717, 1.165) is 0 Å². The smallest absolute Gasteiger partial charge is 0.450 e. The third-order valence-electron chi connectivity index (χ3n) is 0.685. The maximum Gasteiger partial charge on any atom is 0.505 e. The summed E-state index contributed by atoms with van der Waals surface area (Å²) in [5.41, 5.74) is 0. The first kappa shape index (κ1) is 11.1. The summed E-state index contributed by atoms with van der Waals surface area (Å²) in [4.78, 5) is 9.71. The lowest BCUT2D eigenvalue weighted by Gasteiger charge is -2.00. The first-order valence-electron chi connectivity index (χ1n) is 2.80. The lowest BCUT2D eigenvalue weighted by molar-refractivity contribution is 0.0581. The molecule has 0 aliphatic carbocycles. The molecule has 2 N–H and O–H groups in total. The molecule has 12 heavy (non-hydrogen) atoms. The fraction of sp³-hybridized carbons (Fsp3) is 0.750. The lowest BCUT2D eigenvalue weighted by Crippen LogP contribution is -2.13. The van der Waals surface area contributed by atoms with Crippen LogP contribution in [0.25, 0.3) is 0 Å². The van der Waals surface area contributed by atoms with Crippen LogP contribution in [0, 0.1) is 0 Å². The molecule has 0 bridgehead atoms. The fourth-order valence-electron chi connectivity index (χ4n) is 0.352. The monoisotopic (exact) mass is 200 g/mol. The Morgan fingerprint density at radius 2 is 1.92 bits per heavy atom. The molecule has 0 heterocycles. The van der Waals surface area contributed by atoms with Gasteiger partial charge in [0.1, 0.15) is 6.61 Å². The van der Waals surface area contributed by atoms with Crippen LogP contribution in [0.2, 0.25) is 0 Å². The summed E-state index contributed by atoms with van der Waals surface area (Å²) in [6.45, 7) is -0.489. The van der Waals surface area contributed by atoms with Crippen molar-refractivity contribution in [2.45, 2.75) is 0 Å². The molecule has 72 valence electrons. The third kappa shape index (κ3) is 9.14. The van der Waals surface area contributed by atoms with E-state index in [9.17, 15) is 13.2 Å². The predicted molar refractivity (Wildman–Crippen MR) is 36.3 cm³/mol. The second kappa shape index (κ2) is 4.91. The molecule has 0 atom stereocenters. The van der Waals surface area contributed by atoms with Crippen molar-refractivity contribution in [3.05, 3.63) is 0 Å².